The fourth-order valence-corrected chi connectivity index (χ4v) is 3.61. The van der Waals surface area contributed by atoms with Crippen LogP contribution in [-0.4, -0.2) is 4.98 Å². The van der Waals surface area contributed by atoms with Crippen molar-refractivity contribution in [2.45, 2.75) is 19.4 Å². The standard InChI is InChI=1S/C26H21F2N3O2/c27-22-8-3-1-6-17(22)15-32-20-12-19(25-30-24-10-5-11-29-26(24)31-25)13-21(14-20)33-16-18-7-2-4-9-23(18)28/h1-14,25,30H,15-16H2,(H,29,31). The molecular formula is C26H21F2N3O2. The molecule has 5 nitrogen and oxygen atoms in total. The molecule has 7 heteroatoms. The van der Waals surface area contributed by atoms with Crippen LogP contribution in [0.25, 0.3) is 0 Å². The number of nitrogens with zero attached hydrogens (tertiary/aromatic N) is 1. The van der Waals surface area contributed by atoms with Crippen LogP contribution >= 0.6 is 0 Å². The van der Waals surface area contributed by atoms with Crippen molar-refractivity contribution in [2.75, 3.05) is 10.6 Å². The van der Waals surface area contributed by atoms with Crippen LogP contribution in [0.2, 0.25) is 0 Å². The molecule has 2 heterocycles. The van der Waals surface area contributed by atoms with Gasteiger partial charge in [-0.25, -0.2) is 13.8 Å². The zero-order chi connectivity index (χ0) is 22.6. The maximum atomic E-state index is 14.0. The van der Waals surface area contributed by atoms with Crippen LogP contribution in [0.15, 0.2) is 85.1 Å². The molecule has 33 heavy (non-hydrogen) atoms. The number of hydrogen-bond donors (Lipinski definition) is 2. The smallest absolute Gasteiger partial charge is 0.151 e. The van der Waals surface area contributed by atoms with Gasteiger partial charge in [0.25, 0.3) is 0 Å². The first-order valence-corrected chi connectivity index (χ1v) is 10.5. The summed E-state index contributed by atoms with van der Waals surface area (Å²) in [5, 5.41) is 6.68. The van der Waals surface area contributed by atoms with Gasteiger partial charge in [0, 0.05) is 29.0 Å². The Morgan fingerprint density at radius 3 is 1.91 bits per heavy atom. The van der Waals surface area contributed by atoms with Gasteiger partial charge in [-0.1, -0.05) is 36.4 Å². The number of hydrogen-bond acceptors (Lipinski definition) is 5. The molecular weight excluding hydrogens is 424 g/mol. The van der Waals surface area contributed by atoms with Gasteiger partial charge in [0.15, 0.2) is 5.82 Å². The van der Waals surface area contributed by atoms with Crippen molar-refractivity contribution in [1.82, 2.24) is 4.98 Å². The fourth-order valence-electron chi connectivity index (χ4n) is 3.61. The zero-order valence-electron chi connectivity index (χ0n) is 17.6. The molecule has 0 fully saturated rings. The van der Waals surface area contributed by atoms with Gasteiger partial charge in [0.05, 0.1) is 5.69 Å². The maximum absolute atomic E-state index is 14.0. The molecule has 0 spiro atoms. The highest BCUT2D eigenvalue weighted by molar-refractivity contribution is 5.71. The van der Waals surface area contributed by atoms with Crippen molar-refractivity contribution in [3.63, 3.8) is 0 Å². The summed E-state index contributed by atoms with van der Waals surface area (Å²) in [5.41, 5.74) is 2.62. The molecule has 1 aliphatic heterocycles. The zero-order valence-corrected chi connectivity index (χ0v) is 17.6. The Morgan fingerprint density at radius 1 is 0.727 bits per heavy atom. The average molecular weight is 445 g/mol. The van der Waals surface area contributed by atoms with Crippen molar-refractivity contribution in [3.05, 3.63) is 113 Å². The number of anilines is 2. The summed E-state index contributed by atoms with van der Waals surface area (Å²) < 4.78 is 39.9. The van der Waals surface area contributed by atoms with Crippen molar-refractivity contribution in [1.29, 1.82) is 0 Å². The van der Waals surface area contributed by atoms with Gasteiger partial charge in [0.2, 0.25) is 0 Å². The highest BCUT2D eigenvalue weighted by Crippen LogP contribution is 2.36. The van der Waals surface area contributed by atoms with Gasteiger partial charge in [-0.3, -0.25) is 0 Å². The minimum Gasteiger partial charge on any atom is -0.489 e. The quantitative estimate of drug-likeness (QED) is 0.363. The van der Waals surface area contributed by atoms with E-state index in [-0.39, 0.29) is 31.0 Å². The highest BCUT2D eigenvalue weighted by atomic mass is 19.1. The van der Waals surface area contributed by atoms with Gasteiger partial charge in [0.1, 0.15) is 42.5 Å². The Hall–Kier alpha value is -4.13. The molecule has 5 rings (SSSR count). The van der Waals surface area contributed by atoms with Gasteiger partial charge < -0.3 is 20.1 Å². The average Bonchev–Trinajstić information content (AvgIpc) is 3.28. The molecule has 1 aromatic heterocycles. The fraction of sp³-hybridized carbons (Fsp3) is 0.115. The molecule has 3 aromatic carbocycles. The second kappa shape index (κ2) is 9.16. The molecule has 1 atom stereocenters. The number of benzene rings is 3. The van der Waals surface area contributed by atoms with Crippen LogP contribution in [-0.2, 0) is 13.2 Å². The summed E-state index contributed by atoms with van der Waals surface area (Å²) in [5.74, 6) is 1.10. The lowest BCUT2D eigenvalue weighted by atomic mass is 10.1. The van der Waals surface area contributed by atoms with Crippen LogP contribution < -0.4 is 20.1 Å². The van der Waals surface area contributed by atoms with Crippen LogP contribution in [0, 0.1) is 11.6 Å². The Kier molecular flexibility index (Phi) is 5.76. The summed E-state index contributed by atoms with van der Waals surface area (Å²) in [6, 6.07) is 22.2. The molecule has 1 aliphatic rings. The monoisotopic (exact) mass is 445 g/mol. The van der Waals surface area contributed by atoms with E-state index >= 15 is 0 Å². The Morgan fingerprint density at radius 2 is 1.33 bits per heavy atom. The number of nitrogens with one attached hydrogen (secondary N) is 2. The first-order valence-electron chi connectivity index (χ1n) is 10.5. The lowest BCUT2D eigenvalue weighted by Gasteiger charge is -2.17. The second-order valence-corrected chi connectivity index (χ2v) is 7.62. The highest BCUT2D eigenvalue weighted by Gasteiger charge is 2.23. The van der Waals surface area contributed by atoms with Gasteiger partial charge in [-0.05, 0) is 36.4 Å². The largest absolute Gasteiger partial charge is 0.489 e. The normalized spacial score (nSPS) is 14.2. The summed E-state index contributed by atoms with van der Waals surface area (Å²) in [6.45, 7) is 0.131. The van der Waals surface area contributed by atoms with Crippen LogP contribution in [0.1, 0.15) is 22.9 Å². The third-order valence-electron chi connectivity index (χ3n) is 5.33. The number of rotatable bonds is 7. The van der Waals surface area contributed by atoms with E-state index in [1.165, 1.54) is 12.1 Å². The second-order valence-electron chi connectivity index (χ2n) is 7.62. The van der Waals surface area contributed by atoms with Gasteiger partial charge in [-0.2, -0.15) is 0 Å². The topological polar surface area (TPSA) is 55.4 Å². The number of pyridine rings is 1. The van der Waals surface area contributed by atoms with E-state index in [1.807, 2.05) is 24.3 Å². The maximum Gasteiger partial charge on any atom is 0.151 e. The van der Waals surface area contributed by atoms with E-state index in [4.69, 9.17) is 9.47 Å². The minimum atomic E-state index is -0.328. The first kappa shape index (κ1) is 20.8. The van der Waals surface area contributed by atoms with E-state index in [0.29, 0.717) is 22.6 Å². The number of aromatic nitrogens is 1. The molecule has 0 amide bonds. The van der Waals surface area contributed by atoms with Crippen LogP contribution in [0.5, 0.6) is 11.5 Å². The van der Waals surface area contributed by atoms with Crippen molar-refractivity contribution < 1.29 is 18.3 Å². The lowest BCUT2D eigenvalue weighted by molar-refractivity contribution is 0.283. The SMILES string of the molecule is Fc1ccccc1COc1cc(OCc2ccccc2F)cc(C2Nc3cccnc3N2)c1. The van der Waals surface area contributed by atoms with E-state index < -0.39 is 0 Å². The minimum absolute atomic E-state index is 0.0657. The molecule has 0 saturated heterocycles. The Balaban J connectivity index is 1.40. The van der Waals surface area contributed by atoms with E-state index in [1.54, 1.807) is 48.7 Å². The van der Waals surface area contributed by atoms with Crippen molar-refractivity contribution >= 4 is 11.5 Å². The summed E-state index contributed by atoms with van der Waals surface area (Å²) in [4.78, 5) is 4.33. The number of fused-ring (bicyclic) bond motifs is 1. The van der Waals surface area contributed by atoms with Crippen LogP contribution in [0.4, 0.5) is 20.3 Å². The molecule has 0 bridgehead atoms. The predicted octanol–water partition coefficient (Wildman–Crippen LogP) is 6.05. The third-order valence-corrected chi connectivity index (χ3v) is 5.33. The van der Waals surface area contributed by atoms with E-state index in [0.717, 1.165) is 17.1 Å². The van der Waals surface area contributed by atoms with Crippen molar-refractivity contribution in [3.8, 4) is 11.5 Å². The predicted molar refractivity (Wildman–Crippen MR) is 122 cm³/mol. The van der Waals surface area contributed by atoms with Crippen LogP contribution in [0.3, 0.4) is 0 Å². The Bertz CT molecular complexity index is 1190. The summed E-state index contributed by atoms with van der Waals surface area (Å²) >= 11 is 0. The Labute approximate surface area is 190 Å². The molecule has 1 unspecified atom stereocenters. The van der Waals surface area contributed by atoms with E-state index in [9.17, 15) is 8.78 Å². The summed E-state index contributed by atoms with van der Waals surface area (Å²) in [7, 11) is 0. The first-order chi connectivity index (χ1) is 16.2. The molecule has 166 valence electrons. The van der Waals surface area contributed by atoms with Crippen molar-refractivity contribution in [2.24, 2.45) is 0 Å². The number of ether oxygens (including phenoxy) is 2. The lowest BCUT2D eigenvalue weighted by Crippen LogP contribution is -2.13. The third kappa shape index (κ3) is 4.72. The molecule has 2 N–H and O–H groups in total. The van der Waals surface area contributed by atoms with E-state index in [2.05, 4.69) is 15.6 Å². The van der Waals surface area contributed by atoms with Gasteiger partial charge in [-0.15, -0.1) is 0 Å². The molecule has 0 radical (unpaired) electrons. The molecule has 4 aromatic rings. The number of halogens is 2. The molecule has 0 aliphatic carbocycles. The molecule has 0 saturated carbocycles. The van der Waals surface area contributed by atoms with Gasteiger partial charge >= 0.3 is 0 Å². The summed E-state index contributed by atoms with van der Waals surface area (Å²) in [6.07, 6.45) is 1.45.